The number of aromatic amines is 1. The summed E-state index contributed by atoms with van der Waals surface area (Å²) in [6, 6.07) is 1.73. The van der Waals surface area contributed by atoms with Gasteiger partial charge in [-0.05, 0) is 38.9 Å². The van der Waals surface area contributed by atoms with Gasteiger partial charge in [-0.25, -0.2) is 15.0 Å². The Morgan fingerprint density at radius 2 is 2.00 bits per heavy atom. The number of hydrogen-bond donors (Lipinski definition) is 3. The van der Waals surface area contributed by atoms with Crippen molar-refractivity contribution in [3.63, 3.8) is 0 Å². The summed E-state index contributed by atoms with van der Waals surface area (Å²) in [7, 11) is 3.69. The fraction of sp³-hybridized carbons (Fsp3) is 0.444. The Kier molecular flexibility index (Phi) is 7.75. The third-order valence-electron chi connectivity index (χ3n) is 7.23. The van der Waals surface area contributed by atoms with Crippen molar-refractivity contribution in [1.82, 2.24) is 39.5 Å². The Balaban J connectivity index is 1.41. The maximum Gasteiger partial charge on any atom is 0.256 e. The highest BCUT2D eigenvalue weighted by Gasteiger charge is 2.28. The van der Waals surface area contributed by atoms with Crippen LogP contribution < -0.4 is 15.4 Å². The van der Waals surface area contributed by atoms with Gasteiger partial charge < -0.3 is 25.3 Å². The van der Waals surface area contributed by atoms with E-state index in [1.807, 2.05) is 32.3 Å². The molecule has 1 fully saturated rings. The number of aryl methyl sites for hydroxylation is 2. The van der Waals surface area contributed by atoms with Gasteiger partial charge in [-0.2, -0.15) is 0 Å². The van der Waals surface area contributed by atoms with Crippen molar-refractivity contribution in [2.24, 2.45) is 0 Å². The maximum atomic E-state index is 13.3. The van der Waals surface area contributed by atoms with Gasteiger partial charge >= 0.3 is 0 Å². The summed E-state index contributed by atoms with van der Waals surface area (Å²) in [5.74, 6) is 1.38. The average molecular weight is 533 g/mol. The van der Waals surface area contributed by atoms with Crippen molar-refractivity contribution in [3.05, 3.63) is 36.4 Å². The first-order chi connectivity index (χ1) is 18.9. The Bertz CT molecular complexity index is 1450. The third-order valence-corrected chi connectivity index (χ3v) is 7.23. The van der Waals surface area contributed by atoms with Crippen molar-refractivity contribution in [2.75, 3.05) is 51.0 Å². The first-order valence-corrected chi connectivity index (χ1v) is 13.3. The number of pyridine rings is 1. The van der Waals surface area contributed by atoms with E-state index in [0.29, 0.717) is 29.9 Å². The van der Waals surface area contributed by atoms with Gasteiger partial charge in [0.2, 0.25) is 11.9 Å². The van der Waals surface area contributed by atoms with E-state index in [1.165, 1.54) is 0 Å². The molecule has 0 radical (unpaired) electrons. The fourth-order valence-electron chi connectivity index (χ4n) is 4.99. The number of fused-ring (bicyclic) bond motifs is 1. The molecule has 3 N–H and O–H groups in total. The van der Waals surface area contributed by atoms with Crippen molar-refractivity contribution in [2.45, 2.75) is 39.8 Å². The molecule has 0 saturated carbocycles. The molecule has 1 unspecified atom stereocenters. The van der Waals surface area contributed by atoms with Gasteiger partial charge in [-0.1, -0.05) is 6.92 Å². The molecule has 39 heavy (non-hydrogen) atoms. The molecule has 1 aliphatic rings. The molecule has 206 valence electrons. The number of amides is 1. The lowest BCUT2D eigenvalue weighted by molar-refractivity contribution is -0.122. The number of anilines is 3. The molecule has 0 aromatic carbocycles. The van der Waals surface area contributed by atoms with E-state index in [2.05, 4.69) is 54.5 Å². The minimum atomic E-state index is -0.197. The van der Waals surface area contributed by atoms with Crippen LogP contribution in [0.2, 0.25) is 0 Å². The topological polar surface area (TPSA) is 129 Å². The van der Waals surface area contributed by atoms with Gasteiger partial charge in [0.1, 0.15) is 5.69 Å². The second kappa shape index (κ2) is 11.4. The molecule has 12 heteroatoms. The molecule has 12 nitrogen and oxygen atoms in total. The number of likely N-dealkylation sites (N-methyl/N-ethyl adjacent to an activating group) is 1. The maximum absolute atomic E-state index is 13.3. The third kappa shape index (κ3) is 5.43. The number of carbonyl (C=O) groups is 1. The van der Waals surface area contributed by atoms with Gasteiger partial charge in [0.15, 0.2) is 5.82 Å². The standard InChI is InChI=1S/C27H36N10O2/c1-6-21(36-12-10-35(4)11-13-36)25(38)33-24-23-18(8-9-28-24)19(15-29-23)22-17(3)14-30-27(32-22)31-20-16-37(7-2)34-26(20)39-5/h8-9,14-16,21,29H,6-7,10-13H2,1-5H3,(H,28,33,38)(H,30,31,32). The van der Waals surface area contributed by atoms with Crippen LogP contribution in [0.1, 0.15) is 25.8 Å². The van der Waals surface area contributed by atoms with E-state index in [1.54, 1.807) is 24.2 Å². The van der Waals surface area contributed by atoms with Gasteiger partial charge in [-0.15, -0.1) is 5.10 Å². The zero-order valence-corrected chi connectivity index (χ0v) is 23.2. The van der Waals surface area contributed by atoms with Gasteiger partial charge in [-0.3, -0.25) is 14.4 Å². The van der Waals surface area contributed by atoms with E-state index in [-0.39, 0.29) is 11.9 Å². The van der Waals surface area contributed by atoms with E-state index in [0.717, 1.165) is 60.3 Å². The number of H-pyrrole nitrogens is 1. The van der Waals surface area contributed by atoms with E-state index >= 15 is 0 Å². The van der Waals surface area contributed by atoms with E-state index in [9.17, 15) is 4.79 Å². The lowest BCUT2D eigenvalue weighted by Crippen LogP contribution is -2.52. The predicted octanol–water partition coefficient (Wildman–Crippen LogP) is 3.26. The molecular weight excluding hydrogens is 496 g/mol. The van der Waals surface area contributed by atoms with Gasteiger partial charge in [0, 0.05) is 62.3 Å². The van der Waals surface area contributed by atoms with Crippen LogP contribution in [0.4, 0.5) is 17.5 Å². The zero-order chi connectivity index (χ0) is 27.5. The summed E-state index contributed by atoms with van der Waals surface area (Å²) in [6.07, 6.45) is 7.99. The van der Waals surface area contributed by atoms with Crippen LogP contribution in [0.25, 0.3) is 22.2 Å². The highest BCUT2D eigenvalue weighted by Crippen LogP contribution is 2.33. The van der Waals surface area contributed by atoms with Crippen LogP contribution in [-0.4, -0.2) is 91.8 Å². The van der Waals surface area contributed by atoms with Crippen LogP contribution in [0.3, 0.4) is 0 Å². The lowest BCUT2D eigenvalue weighted by atomic mass is 10.1. The number of piperazine rings is 1. The SMILES string of the molecule is CCC(C(=O)Nc1nccc2c(-c3nc(Nc4cn(CC)nc4OC)ncc3C)c[nH]c12)N1CCN(C)CC1. The number of rotatable bonds is 9. The Labute approximate surface area is 227 Å². The molecule has 0 spiro atoms. The van der Waals surface area contributed by atoms with Crippen LogP contribution in [-0.2, 0) is 11.3 Å². The molecule has 1 atom stereocenters. The normalized spacial score (nSPS) is 15.4. The fourth-order valence-corrected chi connectivity index (χ4v) is 4.99. The minimum Gasteiger partial charge on any atom is -0.478 e. The first-order valence-electron chi connectivity index (χ1n) is 13.3. The van der Waals surface area contributed by atoms with Crippen LogP contribution in [0.5, 0.6) is 5.88 Å². The lowest BCUT2D eigenvalue weighted by Gasteiger charge is -2.36. The van der Waals surface area contributed by atoms with Crippen molar-refractivity contribution in [1.29, 1.82) is 0 Å². The Morgan fingerprint density at radius 3 is 2.72 bits per heavy atom. The summed E-state index contributed by atoms with van der Waals surface area (Å²) >= 11 is 0. The molecule has 1 saturated heterocycles. The minimum absolute atomic E-state index is 0.0375. The van der Waals surface area contributed by atoms with Crippen molar-refractivity contribution < 1.29 is 9.53 Å². The Hall–Kier alpha value is -4.03. The number of hydrogen-bond acceptors (Lipinski definition) is 9. The molecule has 4 aromatic rings. The van der Waals surface area contributed by atoms with Crippen LogP contribution in [0.15, 0.2) is 30.9 Å². The number of methoxy groups -OCH3 is 1. The zero-order valence-electron chi connectivity index (χ0n) is 23.2. The smallest absolute Gasteiger partial charge is 0.256 e. The van der Waals surface area contributed by atoms with Crippen molar-refractivity contribution in [3.8, 4) is 17.1 Å². The first kappa shape index (κ1) is 26.6. The molecule has 1 amide bonds. The summed E-state index contributed by atoms with van der Waals surface area (Å²) in [6.45, 7) is 10.4. The molecule has 0 aliphatic carbocycles. The average Bonchev–Trinajstić information content (AvgIpc) is 3.55. The quantitative estimate of drug-likeness (QED) is 0.297. The number of ether oxygens (including phenoxy) is 1. The summed E-state index contributed by atoms with van der Waals surface area (Å²) in [5.41, 5.74) is 4.03. The summed E-state index contributed by atoms with van der Waals surface area (Å²) in [5, 5.41) is 11.6. The highest BCUT2D eigenvalue weighted by molar-refractivity contribution is 6.05. The highest BCUT2D eigenvalue weighted by atomic mass is 16.5. The molecule has 0 bridgehead atoms. The second-order valence-corrected chi connectivity index (χ2v) is 9.79. The van der Waals surface area contributed by atoms with Crippen LogP contribution in [0, 0.1) is 6.92 Å². The van der Waals surface area contributed by atoms with Crippen LogP contribution >= 0.6 is 0 Å². The molecule has 4 aromatic heterocycles. The second-order valence-electron chi connectivity index (χ2n) is 9.79. The molecular formula is C27H36N10O2. The van der Waals surface area contributed by atoms with Gasteiger partial charge in [0.05, 0.1) is 30.6 Å². The number of carbonyl (C=O) groups excluding carboxylic acids is 1. The van der Waals surface area contributed by atoms with Gasteiger partial charge in [0.25, 0.3) is 5.88 Å². The number of aromatic nitrogens is 6. The number of nitrogens with one attached hydrogen (secondary N) is 3. The Morgan fingerprint density at radius 1 is 1.21 bits per heavy atom. The number of nitrogens with zero attached hydrogens (tertiary/aromatic N) is 7. The predicted molar refractivity (Wildman–Crippen MR) is 151 cm³/mol. The monoisotopic (exact) mass is 532 g/mol. The van der Waals surface area contributed by atoms with E-state index in [4.69, 9.17) is 9.72 Å². The summed E-state index contributed by atoms with van der Waals surface area (Å²) < 4.78 is 7.18. The molecule has 1 aliphatic heterocycles. The van der Waals surface area contributed by atoms with Crippen molar-refractivity contribution >= 4 is 34.3 Å². The summed E-state index contributed by atoms with van der Waals surface area (Å²) in [4.78, 5) is 35.0. The molecule has 5 rings (SSSR count). The largest absolute Gasteiger partial charge is 0.478 e. The van der Waals surface area contributed by atoms with E-state index < -0.39 is 0 Å². The molecule has 5 heterocycles.